The van der Waals surface area contributed by atoms with E-state index in [0.29, 0.717) is 0 Å². The third kappa shape index (κ3) is 3.14. The lowest BCUT2D eigenvalue weighted by atomic mass is 9.70. The summed E-state index contributed by atoms with van der Waals surface area (Å²) in [5.74, 6) is -1.74. The summed E-state index contributed by atoms with van der Waals surface area (Å²) < 4.78 is 6.57. The molecule has 0 unspecified atom stereocenters. The number of carbonyl (C=O) groups is 3. The molecule has 0 aromatic carbocycles. The van der Waals surface area contributed by atoms with Crippen molar-refractivity contribution in [2.75, 3.05) is 0 Å². The summed E-state index contributed by atoms with van der Waals surface area (Å²) in [7, 11) is 0. The predicted octanol–water partition coefficient (Wildman–Crippen LogP) is 2.44. The second-order valence-electron chi connectivity index (χ2n) is 11.7. The molecule has 3 heterocycles. The van der Waals surface area contributed by atoms with E-state index < -0.39 is 34.6 Å². The zero-order chi connectivity index (χ0) is 22.9. The van der Waals surface area contributed by atoms with Crippen LogP contribution in [0.5, 0.6) is 0 Å². The fourth-order valence-electron chi connectivity index (χ4n) is 6.96. The first-order chi connectivity index (χ1) is 15.1. The van der Waals surface area contributed by atoms with Gasteiger partial charge < -0.3 is 20.3 Å². The van der Waals surface area contributed by atoms with Crippen molar-refractivity contribution in [2.45, 2.75) is 114 Å². The Morgan fingerprint density at radius 1 is 0.969 bits per heavy atom. The van der Waals surface area contributed by atoms with Crippen LogP contribution in [-0.4, -0.2) is 57.5 Å². The van der Waals surface area contributed by atoms with Gasteiger partial charge in [-0.15, -0.1) is 0 Å². The van der Waals surface area contributed by atoms with Crippen LogP contribution in [-0.2, 0) is 19.1 Å². The van der Waals surface area contributed by atoms with Gasteiger partial charge in [-0.3, -0.25) is 14.4 Å². The molecule has 5 atom stereocenters. The number of hydrogen-bond acceptors (Lipinski definition) is 4. The molecule has 2 bridgehead atoms. The summed E-state index contributed by atoms with van der Waals surface area (Å²) in [5.41, 5.74) is -2.55. The number of hydrogen-bond donors (Lipinski definition) is 2. The van der Waals surface area contributed by atoms with Gasteiger partial charge in [0, 0.05) is 17.6 Å². The van der Waals surface area contributed by atoms with Crippen LogP contribution in [0.1, 0.15) is 79.1 Å². The van der Waals surface area contributed by atoms with Crippen molar-refractivity contribution < 1.29 is 19.1 Å². The molecule has 7 heteroatoms. The van der Waals surface area contributed by atoms with E-state index in [4.69, 9.17) is 4.74 Å². The van der Waals surface area contributed by atoms with Gasteiger partial charge in [-0.1, -0.05) is 37.8 Å². The Hall–Kier alpha value is -1.89. The van der Waals surface area contributed by atoms with E-state index in [-0.39, 0.29) is 29.8 Å². The summed E-state index contributed by atoms with van der Waals surface area (Å²) >= 11 is 0. The highest BCUT2D eigenvalue weighted by Crippen LogP contribution is 2.60. The van der Waals surface area contributed by atoms with Crippen LogP contribution in [0.3, 0.4) is 0 Å². The molecule has 2 aliphatic carbocycles. The van der Waals surface area contributed by atoms with Crippen LogP contribution in [0.2, 0.25) is 0 Å². The number of nitrogens with zero attached hydrogens (tertiary/aromatic N) is 1. The van der Waals surface area contributed by atoms with Gasteiger partial charge in [0.1, 0.15) is 11.6 Å². The van der Waals surface area contributed by atoms with Crippen molar-refractivity contribution in [1.82, 2.24) is 15.5 Å². The van der Waals surface area contributed by atoms with Crippen LogP contribution in [0.15, 0.2) is 12.2 Å². The Morgan fingerprint density at radius 2 is 1.50 bits per heavy atom. The molecular formula is C25H37N3O4. The number of ether oxygens (including phenoxy) is 1. The number of amides is 3. The molecule has 0 aromatic rings. The molecule has 176 valence electrons. The second kappa shape index (κ2) is 7.31. The van der Waals surface area contributed by atoms with Crippen molar-refractivity contribution >= 4 is 17.7 Å². The third-order valence-electron chi connectivity index (χ3n) is 8.35. The minimum absolute atomic E-state index is 0.116. The number of likely N-dealkylation sites (tertiary alicyclic amines) is 1. The van der Waals surface area contributed by atoms with Gasteiger partial charge in [-0.2, -0.15) is 0 Å². The molecule has 2 saturated heterocycles. The Balaban J connectivity index is 1.50. The molecular weight excluding hydrogens is 406 g/mol. The van der Waals surface area contributed by atoms with Gasteiger partial charge in [-0.25, -0.2) is 0 Å². The Labute approximate surface area is 190 Å². The monoisotopic (exact) mass is 443 g/mol. The summed E-state index contributed by atoms with van der Waals surface area (Å²) in [4.78, 5) is 42.8. The average Bonchev–Trinajstić information content (AvgIpc) is 3.48. The van der Waals surface area contributed by atoms with E-state index in [0.717, 1.165) is 51.4 Å². The molecule has 7 nitrogen and oxygen atoms in total. The quantitative estimate of drug-likeness (QED) is 0.654. The Kier molecular flexibility index (Phi) is 5.01. The number of carbonyl (C=O) groups excluding carboxylic acids is 3. The first kappa shape index (κ1) is 21.9. The lowest BCUT2D eigenvalue weighted by molar-refractivity contribution is -0.150. The van der Waals surface area contributed by atoms with E-state index >= 15 is 0 Å². The molecule has 2 saturated carbocycles. The van der Waals surface area contributed by atoms with Gasteiger partial charge in [0.15, 0.2) is 0 Å². The molecule has 3 aliphatic heterocycles. The van der Waals surface area contributed by atoms with Crippen molar-refractivity contribution in [2.24, 2.45) is 11.8 Å². The van der Waals surface area contributed by atoms with E-state index in [9.17, 15) is 14.4 Å². The predicted molar refractivity (Wildman–Crippen MR) is 120 cm³/mol. The molecule has 0 aromatic heterocycles. The van der Waals surface area contributed by atoms with E-state index in [1.165, 1.54) is 0 Å². The molecule has 3 amide bonds. The molecule has 32 heavy (non-hydrogen) atoms. The highest BCUT2D eigenvalue weighted by atomic mass is 16.5. The minimum atomic E-state index is -1.10. The summed E-state index contributed by atoms with van der Waals surface area (Å²) in [5, 5.41) is 6.39. The van der Waals surface area contributed by atoms with Crippen molar-refractivity contribution in [1.29, 1.82) is 0 Å². The summed E-state index contributed by atoms with van der Waals surface area (Å²) in [6, 6.07) is -0.459. The first-order valence-electron chi connectivity index (χ1n) is 12.4. The maximum atomic E-state index is 13.9. The lowest BCUT2D eigenvalue weighted by Crippen LogP contribution is -2.60. The van der Waals surface area contributed by atoms with Crippen molar-refractivity contribution in [3.63, 3.8) is 0 Å². The van der Waals surface area contributed by atoms with Crippen LogP contribution >= 0.6 is 0 Å². The van der Waals surface area contributed by atoms with E-state index in [1.807, 2.05) is 39.8 Å². The SMILES string of the molecule is CC(C)(C)N1C(=O)[C@@H]2[C@H](C(=O)NC3CCCC3)[C@]3(C)C=C[C@]2(O3)[C@@H]1C(=O)NC1CCCC1. The zero-order valence-corrected chi connectivity index (χ0v) is 19.8. The topological polar surface area (TPSA) is 87.7 Å². The molecule has 0 radical (unpaired) electrons. The largest absolute Gasteiger partial charge is 0.356 e. The number of nitrogens with one attached hydrogen (secondary N) is 2. The fourth-order valence-corrected chi connectivity index (χ4v) is 6.96. The smallest absolute Gasteiger partial charge is 0.246 e. The second-order valence-corrected chi connectivity index (χ2v) is 11.7. The van der Waals surface area contributed by atoms with Crippen LogP contribution < -0.4 is 10.6 Å². The van der Waals surface area contributed by atoms with Crippen molar-refractivity contribution in [3.05, 3.63) is 12.2 Å². The third-order valence-corrected chi connectivity index (χ3v) is 8.35. The van der Waals surface area contributed by atoms with E-state index in [2.05, 4.69) is 10.6 Å². The van der Waals surface area contributed by atoms with Crippen LogP contribution in [0.4, 0.5) is 0 Å². The standard InChI is InChI=1S/C25H37N3O4/c1-23(2,3)28-19(21(30)27-16-11-7-8-12-16)25-14-13-24(4,32-25)17(18(25)22(28)31)20(29)26-15-9-5-6-10-15/h13-19H,5-12H2,1-4H3,(H,26,29)(H,27,30)/t17-,18+,19+,24+,25-/m1/s1. The normalized spacial score (nSPS) is 39.2. The van der Waals surface area contributed by atoms with Gasteiger partial charge in [0.05, 0.1) is 17.4 Å². The summed E-state index contributed by atoms with van der Waals surface area (Å²) in [6.07, 6.45) is 12.2. The molecule has 1 spiro atoms. The average molecular weight is 444 g/mol. The molecule has 5 rings (SSSR count). The Bertz CT molecular complexity index is 852. The molecule has 4 fully saturated rings. The van der Waals surface area contributed by atoms with Gasteiger partial charge in [0.25, 0.3) is 0 Å². The van der Waals surface area contributed by atoms with Gasteiger partial charge in [-0.05, 0) is 53.4 Å². The summed E-state index contributed by atoms with van der Waals surface area (Å²) in [6.45, 7) is 7.73. The van der Waals surface area contributed by atoms with Crippen LogP contribution in [0.25, 0.3) is 0 Å². The van der Waals surface area contributed by atoms with Gasteiger partial charge in [0.2, 0.25) is 17.7 Å². The minimum Gasteiger partial charge on any atom is -0.356 e. The number of rotatable bonds is 4. The highest BCUT2D eigenvalue weighted by molar-refractivity contribution is 6.00. The first-order valence-corrected chi connectivity index (χ1v) is 12.4. The van der Waals surface area contributed by atoms with E-state index in [1.54, 1.807) is 4.90 Å². The lowest BCUT2D eigenvalue weighted by Gasteiger charge is -2.40. The maximum Gasteiger partial charge on any atom is 0.246 e. The maximum absolute atomic E-state index is 13.9. The molecule has 5 aliphatic rings. The number of fused-ring (bicyclic) bond motifs is 1. The highest BCUT2D eigenvalue weighted by Gasteiger charge is 2.77. The van der Waals surface area contributed by atoms with Crippen LogP contribution in [0, 0.1) is 11.8 Å². The zero-order valence-electron chi connectivity index (χ0n) is 19.8. The molecule has 2 N–H and O–H groups in total. The van der Waals surface area contributed by atoms with Gasteiger partial charge >= 0.3 is 0 Å². The Morgan fingerprint density at radius 3 is 2.03 bits per heavy atom. The van der Waals surface area contributed by atoms with Crippen molar-refractivity contribution in [3.8, 4) is 0 Å². The fraction of sp³-hybridized carbons (Fsp3) is 0.800.